The smallest absolute Gasteiger partial charge is 0.0698 e. The van der Waals surface area contributed by atoms with E-state index < -0.39 is 0 Å². The van der Waals surface area contributed by atoms with Gasteiger partial charge in [-0.05, 0) is 18.3 Å². The molecule has 1 heterocycles. The van der Waals surface area contributed by atoms with Gasteiger partial charge < -0.3 is 9.84 Å². The largest absolute Gasteiger partial charge is 0.394 e. The van der Waals surface area contributed by atoms with Crippen molar-refractivity contribution in [3.63, 3.8) is 0 Å². The fraction of sp³-hybridized carbons (Fsp3) is 1.00. The van der Waals surface area contributed by atoms with E-state index in [-0.39, 0.29) is 6.61 Å². The molecule has 1 aliphatic heterocycles. The van der Waals surface area contributed by atoms with E-state index in [1.54, 1.807) is 0 Å². The fourth-order valence-corrected chi connectivity index (χ4v) is 2.92. The highest BCUT2D eigenvalue weighted by Gasteiger charge is 2.40. The standard InChI is InChI=1S/C13H27NO2/c1-3-5-13(6-4-2)11-14(12-13)7-9-16-10-8-15/h15H,3-12H2,1-2H3. The zero-order chi connectivity index (χ0) is 11.9. The second kappa shape index (κ2) is 7.25. The number of hydrogen-bond donors (Lipinski definition) is 1. The van der Waals surface area contributed by atoms with E-state index in [9.17, 15) is 0 Å². The van der Waals surface area contributed by atoms with Gasteiger partial charge in [0.25, 0.3) is 0 Å². The van der Waals surface area contributed by atoms with E-state index in [1.165, 1.54) is 38.8 Å². The van der Waals surface area contributed by atoms with Gasteiger partial charge in [-0.3, -0.25) is 4.90 Å². The fourth-order valence-electron chi connectivity index (χ4n) is 2.92. The maximum absolute atomic E-state index is 8.59. The van der Waals surface area contributed by atoms with Crippen LogP contribution in [0.25, 0.3) is 0 Å². The highest BCUT2D eigenvalue weighted by atomic mass is 16.5. The number of aliphatic hydroxyl groups excluding tert-OH is 1. The molecule has 0 aromatic heterocycles. The van der Waals surface area contributed by atoms with Crippen molar-refractivity contribution in [3.05, 3.63) is 0 Å². The van der Waals surface area contributed by atoms with Crippen LogP contribution in [0.4, 0.5) is 0 Å². The lowest BCUT2D eigenvalue weighted by Gasteiger charge is -2.51. The molecular weight excluding hydrogens is 202 g/mol. The van der Waals surface area contributed by atoms with Gasteiger partial charge >= 0.3 is 0 Å². The minimum Gasteiger partial charge on any atom is -0.394 e. The van der Waals surface area contributed by atoms with Gasteiger partial charge in [0.15, 0.2) is 0 Å². The van der Waals surface area contributed by atoms with Crippen LogP contribution in [0.3, 0.4) is 0 Å². The van der Waals surface area contributed by atoms with Crippen LogP contribution in [0.1, 0.15) is 39.5 Å². The molecule has 96 valence electrons. The number of nitrogens with zero attached hydrogens (tertiary/aromatic N) is 1. The van der Waals surface area contributed by atoms with Crippen LogP contribution in [0, 0.1) is 5.41 Å². The van der Waals surface area contributed by atoms with Crippen molar-refractivity contribution in [2.45, 2.75) is 39.5 Å². The summed E-state index contributed by atoms with van der Waals surface area (Å²) >= 11 is 0. The Balaban J connectivity index is 2.12. The first-order valence-electron chi connectivity index (χ1n) is 6.67. The lowest BCUT2D eigenvalue weighted by atomic mass is 9.73. The summed E-state index contributed by atoms with van der Waals surface area (Å²) in [7, 11) is 0. The van der Waals surface area contributed by atoms with Gasteiger partial charge in [0, 0.05) is 19.6 Å². The molecule has 1 rings (SSSR count). The molecular formula is C13H27NO2. The Kier molecular flexibility index (Phi) is 6.32. The zero-order valence-electron chi connectivity index (χ0n) is 10.9. The van der Waals surface area contributed by atoms with E-state index in [4.69, 9.17) is 9.84 Å². The van der Waals surface area contributed by atoms with E-state index in [0.717, 1.165) is 13.2 Å². The van der Waals surface area contributed by atoms with Crippen LogP contribution >= 0.6 is 0 Å². The molecule has 3 heteroatoms. The second-order valence-corrected chi connectivity index (χ2v) is 5.05. The quantitative estimate of drug-likeness (QED) is 0.613. The lowest BCUT2D eigenvalue weighted by molar-refractivity contribution is -0.0332. The summed E-state index contributed by atoms with van der Waals surface area (Å²) in [6.07, 6.45) is 5.34. The number of hydrogen-bond acceptors (Lipinski definition) is 3. The number of rotatable bonds is 9. The monoisotopic (exact) mass is 229 g/mol. The Labute approximate surface area is 99.8 Å². The van der Waals surface area contributed by atoms with Gasteiger partial charge in [-0.1, -0.05) is 26.7 Å². The van der Waals surface area contributed by atoms with Crippen LogP contribution in [0.2, 0.25) is 0 Å². The summed E-state index contributed by atoms with van der Waals surface area (Å²) in [4.78, 5) is 2.47. The van der Waals surface area contributed by atoms with Gasteiger partial charge in [-0.2, -0.15) is 0 Å². The SMILES string of the molecule is CCCC1(CCC)CN(CCOCCO)C1. The molecule has 0 aromatic carbocycles. The van der Waals surface area contributed by atoms with Gasteiger partial charge in [0.2, 0.25) is 0 Å². The van der Waals surface area contributed by atoms with Crippen molar-refractivity contribution in [2.75, 3.05) is 39.5 Å². The molecule has 0 aliphatic carbocycles. The molecule has 1 saturated heterocycles. The van der Waals surface area contributed by atoms with E-state index >= 15 is 0 Å². The van der Waals surface area contributed by atoms with Crippen LogP contribution in [0.15, 0.2) is 0 Å². The Bertz CT molecular complexity index is 171. The van der Waals surface area contributed by atoms with Crippen molar-refractivity contribution in [1.29, 1.82) is 0 Å². The van der Waals surface area contributed by atoms with Gasteiger partial charge in [-0.25, -0.2) is 0 Å². The molecule has 16 heavy (non-hydrogen) atoms. The Morgan fingerprint density at radius 1 is 1.12 bits per heavy atom. The third kappa shape index (κ3) is 4.04. The molecule has 3 nitrogen and oxygen atoms in total. The van der Waals surface area contributed by atoms with Crippen LogP contribution < -0.4 is 0 Å². The minimum atomic E-state index is 0.135. The minimum absolute atomic E-state index is 0.135. The van der Waals surface area contributed by atoms with Crippen molar-refractivity contribution in [3.8, 4) is 0 Å². The first-order valence-corrected chi connectivity index (χ1v) is 6.67. The third-order valence-corrected chi connectivity index (χ3v) is 3.47. The molecule has 1 N–H and O–H groups in total. The number of likely N-dealkylation sites (tertiary alicyclic amines) is 1. The van der Waals surface area contributed by atoms with Crippen molar-refractivity contribution >= 4 is 0 Å². The second-order valence-electron chi connectivity index (χ2n) is 5.05. The van der Waals surface area contributed by atoms with E-state index in [0.29, 0.717) is 12.0 Å². The van der Waals surface area contributed by atoms with Gasteiger partial charge in [0.1, 0.15) is 0 Å². The predicted octanol–water partition coefficient (Wildman–Crippen LogP) is 1.90. The number of aliphatic hydroxyl groups is 1. The van der Waals surface area contributed by atoms with Gasteiger partial charge in [0.05, 0.1) is 19.8 Å². The Morgan fingerprint density at radius 3 is 2.25 bits per heavy atom. The molecule has 0 saturated carbocycles. The maximum atomic E-state index is 8.59. The average Bonchev–Trinajstić information content (AvgIpc) is 2.22. The van der Waals surface area contributed by atoms with E-state index in [1.807, 2.05) is 0 Å². The predicted molar refractivity (Wildman–Crippen MR) is 66.6 cm³/mol. The first-order chi connectivity index (χ1) is 7.76. The molecule has 0 amide bonds. The highest BCUT2D eigenvalue weighted by molar-refractivity contribution is 4.94. The van der Waals surface area contributed by atoms with Crippen molar-refractivity contribution < 1.29 is 9.84 Å². The molecule has 0 unspecified atom stereocenters. The van der Waals surface area contributed by atoms with Crippen LogP contribution in [0.5, 0.6) is 0 Å². The van der Waals surface area contributed by atoms with Gasteiger partial charge in [-0.15, -0.1) is 0 Å². The first kappa shape index (κ1) is 13.9. The molecule has 0 spiro atoms. The summed E-state index contributed by atoms with van der Waals surface area (Å²) in [5.74, 6) is 0. The topological polar surface area (TPSA) is 32.7 Å². The summed E-state index contributed by atoms with van der Waals surface area (Å²) in [6, 6.07) is 0. The van der Waals surface area contributed by atoms with Crippen molar-refractivity contribution in [1.82, 2.24) is 4.90 Å². The van der Waals surface area contributed by atoms with E-state index in [2.05, 4.69) is 18.7 Å². The maximum Gasteiger partial charge on any atom is 0.0698 e. The molecule has 0 bridgehead atoms. The Morgan fingerprint density at radius 2 is 1.75 bits per heavy atom. The summed E-state index contributed by atoms with van der Waals surface area (Å²) in [5, 5.41) is 8.59. The summed E-state index contributed by atoms with van der Waals surface area (Å²) in [6.45, 7) is 9.45. The summed E-state index contributed by atoms with van der Waals surface area (Å²) in [5.41, 5.74) is 0.612. The Hall–Kier alpha value is -0.120. The highest BCUT2D eigenvalue weighted by Crippen LogP contribution is 2.39. The molecule has 1 fully saturated rings. The average molecular weight is 229 g/mol. The third-order valence-electron chi connectivity index (χ3n) is 3.47. The molecule has 0 atom stereocenters. The van der Waals surface area contributed by atoms with Crippen LogP contribution in [-0.2, 0) is 4.74 Å². The lowest BCUT2D eigenvalue weighted by Crippen LogP contribution is -2.56. The zero-order valence-corrected chi connectivity index (χ0v) is 10.9. The molecule has 0 radical (unpaired) electrons. The molecule has 0 aromatic rings. The number of ether oxygens (including phenoxy) is 1. The summed E-state index contributed by atoms with van der Waals surface area (Å²) < 4.78 is 5.29. The normalized spacial score (nSPS) is 19.7. The van der Waals surface area contributed by atoms with Crippen molar-refractivity contribution in [2.24, 2.45) is 5.41 Å². The molecule has 1 aliphatic rings. The van der Waals surface area contributed by atoms with Crippen LogP contribution in [-0.4, -0.2) is 49.5 Å².